The van der Waals surface area contributed by atoms with Gasteiger partial charge in [0.1, 0.15) is 6.61 Å². The van der Waals surface area contributed by atoms with Crippen LogP contribution in [0.1, 0.15) is 155 Å². The minimum Gasteiger partial charge on any atom is -0.462 e. The summed E-state index contributed by atoms with van der Waals surface area (Å²) in [7, 11) is -4.77. The first-order chi connectivity index (χ1) is 24.3. The summed E-state index contributed by atoms with van der Waals surface area (Å²) >= 11 is 0. The van der Waals surface area contributed by atoms with Crippen LogP contribution in [-0.4, -0.2) is 41.0 Å². The van der Waals surface area contributed by atoms with Crippen LogP contribution in [0.4, 0.5) is 0 Å². The molecular formula is C41H69O8P. The highest BCUT2D eigenvalue weighted by Gasteiger charge is 2.22. The number of carbonyl (C=O) groups is 2. The zero-order chi connectivity index (χ0) is 36.8. The highest BCUT2D eigenvalue weighted by molar-refractivity contribution is 7.46. The molecule has 50 heavy (non-hydrogen) atoms. The van der Waals surface area contributed by atoms with E-state index in [1.807, 2.05) is 0 Å². The number of carbonyl (C=O) groups excluding carboxylic acids is 2. The molecule has 8 nitrogen and oxygen atoms in total. The predicted octanol–water partition coefficient (Wildman–Crippen LogP) is 11.5. The van der Waals surface area contributed by atoms with E-state index in [0.717, 1.165) is 83.5 Å². The Hall–Kier alpha value is -2.51. The quantitative estimate of drug-likeness (QED) is 0.0292. The minimum absolute atomic E-state index is 0.185. The molecule has 0 amide bonds. The van der Waals surface area contributed by atoms with E-state index in [9.17, 15) is 14.2 Å². The fourth-order valence-electron chi connectivity index (χ4n) is 4.80. The lowest BCUT2D eigenvalue weighted by Crippen LogP contribution is -2.29. The molecule has 0 aliphatic heterocycles. The second-order valence-electron chi connectivity index (χ2n) is 12.5. The highest BCUT2D eigenvalue weighted by Crippen LogP contribution is 2.36. The van der Waals surface area contributed by atoms with E-state index < -0.39 is 32.5 Å². The number of hydrogen-bond acceptors (Lipinski definition) is 6. The van der Waals surface area contributed by atoms with Gasteiger partial charge < -0.3 is 19.3 Å². The summed E-state index contributed by atoms with van der Waals surface area (Å²) in [5, 5.41) is 0. The standard InChI is InChI=1S/C41H69O8P/c1-3-5-7-9-11-13-15-17-19-20-22-23-25-27-29-31-33-35-40(42)47-37-39(38-48-50(44,45)46)49-41(43)36-34-32-30-28-26-24-21-18-16-14-12-10-8-6-4-2/h7,9,12-15,18-21,23,25,39H,3-6,8,10-11,16-17,22,24,26-38H2,1-2H3,(H2,44,45,46)/b9-7+,14-12+,15-13+,20-19+,21-18+,25-23+/t39-/m1/s1. The molecule has 0 radical (unpaired) electrons. The molecule has 286 valence electrons. The number of esters is 2. The molecular weight excluding hydrogens is 651 g/mol. The third-order valence-corrected chi connectivity index (χ3v) is 8.16. The molecule has 2 N–H and O–H groups in total. The van der Waals surface area contributed by atoms with Crippen molar-refractivity contribution < 1.29 is 37.9 Å². The Labute approximate surface area is 304 Å². The Bertz CT molecular complexity index is 1040. The monoisotopic (exact) mass is 720 g/mol. The second kappa shape index (κ2) is 36.3. The highest BCUT2D eigenvalue weighted by atomic mass is 31.2. The van der Waals surface area contributed by atoms with E-state index in [1.54, 1.807) is 0 Å². The number of unbranched alkanes of at least 4 members (excludes halogenated alkanes) is 12. The molecule has 0 unspecified atom stereocenters. The van der Waals surface area contributed by atoms with Gasteiger partial charge in [0.2, 0.25) is 0 Å². The van der Waals surface area contributed by atoms with E-state index in [4.69, 9.17) is 19.3 Å². The van der Waals surface area contributed by atoms with Crippen LogP contribution in [0.15, 0.2) is 72.9 Å². The molecule has 0 bridgehead atoms. The fraction of sp³-hybridized carbons (Fsp3) is 0.659. The van der Waals surface area contributed by atoms with Crippen molar-refractivity contribution in [3.8, 4) is 0 Å². The zero-order valence-electron chi connectivity index (χ0n) is 31.3. The van der Waals surface area contributed by atoms with Crippen LogP contribution < -0.4 is 0 Å². The summed E-state index contributed by atoms with van der Waals surface area (Å²) in [6.45, 7) is 3.53. The lowest BCUT2D eigenvalue weighted by atomic mass is 10.1. The van der Waals surface area contributed by atoms with Gasteiger partial charge in [-0.2, -0.15) is 0 Å². The van der Waals surface area contributed by atoms with Gasteiger partial charge in [-0.3, -0.25) is 14.1 Å². The fourth-order valence-corrected chi connectivity index (χ4v) is 5.16. The van der Waals surface area contributed by atoms with Gasteiger partial charge in [0.15, 0.2) is 6.10 Å². The molecule has 0 aromatic heterocycles. The number of allylic oxidation sites excluding steroid dienone is 12. The zero-order valence-corrected chi connectivity index (χ0v) is 32.2. The molecule has 0 aliphatic rings. The van der Waals surface area contributed by atoms with E-state index >= 15 is 0 Å². The van der Waals surface area contributed by atoms with E-state index in [-0.39, 0.29) is 19.4 Å². The summed E-state index contributed by atoms with van der Waals surface area (Å²) in [6.07, 6.45) is 46.1. The Morgan fingerprint density at radius 1 is 0.520 bits per heavy atom. The van der Waals surface area contributed by atoms with Gasteiger partial charge in [0.05, 0.1) is 6.61 Å². The molecule has 1 atom stereocenters. The van der Waals surface area contributed by atoms with Crippen LogP contribution in [-0.2, 0) is 28.2 Å². The van der Waals surface area contributed by atoms with Crippen LogP contribution in [0.3, 0.4) is 0 Å². The average molecular weight is 721 g/mol. The van der Waals surface area contributed by atoms with Crippen LogP contribution in [0.5, 0.6) is 0 Å². The Morgan fingerprint density at radius 3 is 1.44 bits per heavy atom. The van der Waals surface area contributed by atoms with E-state index in [1.165, 1.54) is 32.1 Å². The van der Waals surface area contributed by atoms with Crippen LogP contribution in [0, 0.1) is 0 Å². The maximum Gasteiger partial charge on any atom is 0.469 e. The molecule has 0 spiro atoms. The van der Waals surface area contributed by atoms with Crippen molar-refractivity contribution in [2.24, 2.45) is 0 Å². The second-order valence-corrected chi connectivity index (χ2v) is 13.8. The summed E-state index contributed by atoms with van der Waals surface area (Å²) in [6, 6.07) is 0. The number of hydrogen-bond donors (Lipinski definition) is 2. The largest absolute Gasteiger partial charge is 0.469 e. The van der Waals surface area contributed by atoms with Crippen LogP contribution in [0.2, 0.25) is 0 Å². The lowest BCUT2D eigenvalue weighted by molar-refractivity contribution is -0.161. The summed E-state index contributed by atoms with van der Waals surface area (Å²) in [4.78, 5) is 42.7. The molecule has 0 aromatic rings. The number of rotatable bonds is 34. The molecule has 0 saturated heterocycles. The van der Waals surface area contributed by atoms with Gasteiger partial charge in [0.25, 0.3) is 0 Å². The molecule has 0 aliphatic carbocycles. The summed E-state index contributed by atoms with van der Waals surface area (Å²) < 4.78 is 26.3. The normalized spacial score (nSPS) is 13.3. The first-order valence-corrected chi connectivity index (χ1v) is 20.8. The average Bonchev–Trinajstić information content (AvgIpc) is 3.08. The topological polar surface area (TPSA) is 119 Å². The van der Waals surface area contributed by atoms with Crippen molar-refractivity contribution in [1.29, 1.82) is 0 Å². The predicted molar refractivity (Wildman–Crippen MR) is 207 cm³/mol. The minimum atomic E-state index is -4.77. The Balaban J connectivity index is 4.07. The first kappa shape index (κ1) is 47.5. The van der Waals surface area contributed by atoms with Crippen molar-refractivity contribution in [2.75, 3.05) is 13.2 Å². The van der Waals surface area contributed by atoms with Gasteiger partial charge in [0, 0.05) is 12.8 Å². The Morgan fingerprint density at radius 2 is 0.940 bits per heavy atom. The maximum atomic E-state index is 12.4. The van der Waals surface area contributed by atoms with Crippen molar-refractivity contribution in [1.82, 2.24) is 0 Å². The lowest BCUT2D eigenvalue weighted by Gasteiger charge is -2.18. The van der Waals surface area contributed by atoms with Crippen molar-refractivity contribution >= 4 is 19.8 Å². The van der Waals surface area contributed by atoms with E-state index in [2.05, 4.69) is 91.3 Å². The molecule has 0 heterocycles. The summed E-state index contributed by atoms with van der Waals surface area (Å²) in [5.41, 5.74) is 0. The van der Waals surface area contributed by atoms with Crippen LogP contribution >= 0.6 is 7.82 Å². The molecule has 0 aromatic carbocycles. The van der Waals surface area contributed by atoms with Gasteiger partial charge >= 0.3 is 19.8 Å². The van der Waals surface area contributed by atoms with Crippen molar-refractivity contribution in [3.05, 3.63) is 72.9 Å². The molecule has 0 rings (SSSR count). The Kier molecular flexibility index (Phi) is 34.5. The smallest absolute Gasteiger partial charge is 0.462 e. The van der Waals surface area contributed by atoms with Gasteiger partial charge in [-0.25, -0.2) is 4.57 Å². The van der Waals surface area contributed by atoms with Gasteiger partial charge in [-0.1, -0.05) is 132 Å². The third-order valence-electron chi connectivity index (χ3n) is 7.68. The number of ether oxygens (including phenoxy) is 2. The number of phosphoric acid groups is 1. The SMILES string of the molecule is CCC/C=C/C/C=C/C/C=C/C/C=C/CCCCCC(=O)OC[C@H](COP(=O)(O)O)OC(=O)CCCCCCC/C=C/C/C=C/CCCCC. The molecule has 0 saturated carbocycles. The van der Waals surface area contributed by atoms with E-state index in [0.29, 0.717) is 12.8 Å². The number of phosphoric ester groups is 1. The molecule has 0 fully saturated rings. The summed E-state index contributed by atoms with van der Waals surface area (Å²) in [5.74, 6) is -0.945. The van der Waals surface area contributed by atoms with Crippen LogP contribution in [0.25, 0.3) is 0 Å². The third kappa shape index (κ3) is 38.3. The van der Waals surface area contributed by atoms with Gasteiger partial charge in [-0.05, 0) is 83.5 Å². The van der Waals surface area contributed by atoms with Crippen molar-refractivity contribution in [2.45, 2.75) is 161 Å². The van der Waals surface area contributed by atoms with Gasteiger partial charge in [-0.15, -0.1) is 0 Å². The maximum absolute atomic E-state index is 12.4. The molecule has 9 heteroatoms. The van der Waals surface area contributed by atoms with Crippen molar-refractivity contribution in [3.63, 3.8) is 0 Å². The first-order valence-electron chi connectivity index (χ1n) is 19.2.